The zero-order valence-electron chi connectivity index (χ0n) is 18.0. The van der Waals surface area contributed by atoms with Crippen molar-refractivity contribution in [2.24, 2.45) is 0 Å². The van der Waals surface area contributed by atoms with Crippen molar-refractivity contribution in [1.82, 2.24) is 0 Å². The number of esters is 2. The van der Waals surface area contributed by atoms with E-state index < -0.39 is 17.9 Å². The van der Waals surface area contributed by atoms with Crippen molar-refractivity contribution >= 4 is 17.7 Å². The van der Waals surface area contributed by atoms with Crippen molar-refractivity contribution < 1.29 is 33.3 Å². The molecule has 2 aromatic rings. The quantitative estimate of drug-likeness (QED) is 0.268. The lowest BCUT2D eigenvalue weighted by Crippen LogP contribution is -2.12. The van der Waals surface area contributed by atoms with Gasteiger partial charge in [0, 0.05) is 12.2 Å². The summed E-state index contributed by atoms with van der Waals surface area (Å²) in [5.74, 6) is -0.222. The van der Waals surface area contributed by atoms with E-state index in [0.717, 1.165) is 23.3 Å². The van der Waals surface area contributed by atoms with Crippen molar-refractivity contribution in [2.75, 3.05) is 26.4 Å². The average molecular weight is 438 g/mol. The number of rotatable bonds is 13. The molecule has 0 spiro atoms. The number of ether oxygens (including phenoxy) is 4. The number of ketones is 1. The van der Waals surface area contributed by atoms with E-state index in [0.29, 0.717) is 11.5 Å². The molecule has 0 radical (unpaired) electrons. The Bertz CT molecular complexity index is 858. The molecule has 2 aromatic carbocycles. The Balaban J connectivity index is 1.95. The molecule has 168 valence electrons. The lowest BCUT2D eigenvalue weighted by atomic mass is 9.88. The van der Waals surface area contributed by atoms with Crippen LogP contribution in [0.4, 0.5) is 0 Å². The third kappa shape index (κ3) is 7.75. The second-order valence-electron chi connectivity index (χ2n) is 6.62. The summed E-state index contributed by atoms with van der Waals surface area (Å²) in [5.41, 5.74) is 1.65. The highest BCUT2D eigenvalue weighted by Crippen LogP contribution is 2.28. The zero-order valence-corrected chi connectivity index (χ0v) is 18.0. The predicted molar refractivity (Wildman–Crippen MR) is 119 cm³/mol. The van der Waals surface area contributed by atoms with Crippen LogP contribution in [0.25, 0.3) is 0 Å². The summed E-state index contributed by atoms with van der Waals surface area (Å²) in [5, 5.41) is 0. The second kappa shape index (κ2) is 12.7. The molecule has 0 saturated heterocycles. The second-order valence-corrected chi connectivity index (χ2v) is 6.62. The van der Waals surface area contributed by atoms with Crippen LogP contribution in [0, 0.1) is 0 Å². The number of Topliss-reactive ketones (excluding diaryl/α,β-unsaturated/α-hetero) is 1. The summed E-state index contributed by atoms with van der Waals surface area (Å²) < 4.78 is 20.8. The van der Waals surface area contributed by atoms with Gasteiger partial charge in [-0.15, -0.1) is 0 Å². The zero-order chi connectivity index (χ0) is 23.3. The molecule has 0 amide bonds. The topological polar surface area (TPSA) is 88.1 Å². The predicted octanol–water partition coefficient (Wildman–Crippen LogP) is 3.62. The normalized spacial score (nSPS) is 10.2. The van der Waals surface area contributed by atoms with Crippen LogP contribution >= 0.6 is 0 Å². The Hall–Kier alpha value is -3.87. The minimum Gasteiger partial charge on any atom is -0.490 e. The third-order valence-electron chi connectivity index (χ3n) is 4.36. The monoisotopic (exact) mass is 438 g/mol. The van der Waals surface area contributed by atoms with Gasteiger partial charge < -0.3 is 18.9 Å². The van der Waals surface area contributed by atoms with Crippen molar-refractivity contribution in [3.8, 4) is 11.5 Å². The van der Waals surface area contributed by atoms with Gasteiger partial charge in [-0.3, -0.25) is 4.79 Å². The lowest BCUT2D eigenvalue weighted by Gasteiger charge is -2.16. The molecule has 0 aliphatic carbocycles. The van der Waals surface area contributed by atoms with Crippen LogP contribution in [0.5, 0.6) is 11.5 Å². The van der Waals surface area contributed by atoms with Gasteiger partial charge in [0.1, 0.15) is 43.7 Å². The number of hydrogen-bond acceptors (Lipinski definition) is 7. The molecule has 7 nitrogen and oxygen atoms in total. The van der Waals surface area contributed by atoms with Gasteiger partial charge in [-0.25, -0.2) is 9.59 Å². The minimum atomic E-state index is -0.499. The standard InChI is InChI=1S/C25H26O7/c1-4-23(27)31-16-14-29-21-10-6-19(7-11-21)25(18(3)26)20-8-12-22(13-9-20)30-15-17-32-24(28)5-2/h4-13,25H,1-2,14-17H2,3H3. The SMILES string of the molecule is C=CC(=O)OCCOc1ccc(C(C(C)=O)c2ccc(OCCOC(=O)C=C)cc2)cc1. The molecule has 7 heteroatoms. The maximum atomic E-state index is 12.3. The third-order valence-corrected chi connectivity index (χ3v) is 4.36. The smallest absolute Gasteiger partial charge is 0.330 e. The summed E-state index contributed by atoms with van der Waals surface area (Å²) in [7, 11) is 0. The van der Waals surface area contributed by atoms with Crippen molar-refractivity contribution in [3.05, 3.63) is 85.0 Å². The molecule has 0 bridgehead atoms. The highest BCUT2D eigenvalue weighted by atomic mass is 16.6. The first-order chi connectivity index (χ1) is 15.4. The van der Waals surface area contributed by atoms with Crippen molar-refractivity contribution in [2.45, 2.75) is 12.8 Å². The van der Waals surface area contributed by atoms with Crippen LogP contribution in [0.2, 0.25) is 0 Å². The van der Waals surface area contributed by atoms with Crippen LogP contribution in [0.15, 0.2) is 73.8 Å². The Morgan fingerprint density at radius 3 is 1.41 bits per heavy atom. The average Bonchev–Trinajstić information content (AvgIpc) is 2.81. The first-order valence-corrected chi connectivity index (χ1v) is 9.99. The number of hydrogen-bond donors (Lipinski definition) is 0. The van der Waals surface area contributed by atoms with E-state index >= 15 is 0 Å². The molecule has 0 saturated carbocycles. The van der Waals surface area contributed by atoms with Gasteiger partial charge in [0.15, 0.2) is 0 Å². The van der Waals surface area contributed by atoms with Gasteiger partial charge in [0.2, 0.25) is 0 Å². The van der Waals surface area contributed by atoms with E-state index in [-0.39, 0.29) is 32.2 Å². The van der Waals surface area contributed by atoms with Gasteiger partial charge >= 0.3 is 11.9 Å². The molecule has 0 unspecified atom stereocenters. The maximum Gasteiger partial charge on any atom is 0.330 e. The van der Waals surface area contributed by atoms with Gasteiger partial charge in [0.05, 0.1) is 5.92 Å². The molecular formula is C25H26O7. The summed E-state index contributed by atoms with van der Waals surface area (Å²) in [6.45, 7) is 8.85. The van der Waals surface area contributed by atoms with Crippen LogP contribution in [0.3, 0.4) is 0 Å². The molecule has 0 aromatic heterocycles. The number of benzene rings is 2. The molecule has 0 atom stereocenters. The highest BCUT2D eigenvalue weighted by Gasteiger charge is 2.19. The first-order valence-electron chi connectivity index (χ1n) is 9.99. The van der Waals surface area contributed by atoms with Gasteiger partial charge in [0.25, 0.3) is 0 Å². The molecule has 0 fully saturated rings. The Labute approximate surface area is 187 Å². The van der Waals surface area contributed by atoms with Crippen LogP contribution < -0.4 is 9.47 Å². The largest absolute Gasteiger partial charge is 0.490 e. The number of carbonyl (C=O) groups excluding carboxylic acids is 3. The summed E-state index contributed by atoms with van der Waals surface area (Å²) in [6, 6.07) is 14.4. The van der Waals surface area contributed by atoms with Crippen LogP contribution in [0.1, 0.15) is 24.0 Å². The first kappa shape index (κ1) is 24.4. The molecular weight excluding hydrogens is 412 g/mol. The fraction of sp³-hybridized carbons (Fsp3) is 0.240. The van der Waals surface area contributed by atoms with Gasteiger partial charge in [-0.2, -0.15) is 0 Å². The Morgan fingerprint density at radius 2 is 1.09 bits per heavy atom. The molecule has 0 aliphatic rings. The minimum absolute atomic E-state index is 0.0000108. The molecule has 2 rings (SSSR count). The molecule has 0 aliphatic heterocycles. The summed E-state index contributed by atoms with van der Waals surface area (Å²) in [6.07, 6.45) is 2.19. The van der Waals surface area contributed by atoms with Crippen LogP contribution in [-0.2, 0) is 23.9 Å². The van der Waals surface area contributed by atoms with E-state index in [1.807, 2.05) is 24.3 Å². The van der Waals surface area contributed by atoms with E-state index in [1.54, 1.807) is 31.2 Å². The summed E-state index contributed by atoms with van der Waals surface area (Å²) >= 11 is 0. The molecule has 32 heavy (non-hydrogen) atoms. The fourth-order valence-corrected chi connectivity index (χ4v) is 2.90. The van der Waals surface area contributed by atoms with Gasteiger partial charge in [-0.05, 0) is 42.3 Å². The van der Waals surface area contributed by atoms with E-state index in [1.165, 1.54) is 0 Å². The summed E-state index contributed by atoms with van der Waals surface area (Å²) in [4.78, 5) is 34.4. The molecule has 0 N–H and O–H groups in total. The maximum absolute atomic E-state index is 12.3. The van der Waals surface area contributed by atoms with Crippen molar-refractivity contribution in [1.29, 1.82) is 0 Å². The van der Waals surface area contributed by atoms with E-state index in [2.05, 4.69) is 13.2 Å². The Morgan fingerprint density at radius 1 is 0.719 bits per heavy atom. The van der Waals surface area contributed by atoms with E-state index in [9.17, 15) is 14.4 Å². The highest BCUT2D eigenvalue weighted by molar-refractivity contribution is 5.87. The van der Waals surface area contributed by atoms with E-state index in [4.69, 9.17) is 18.9 Å². The lowest BCUT2D eigenvalue weighted by molar-refractivity contribution is -0.139. The van der Waals surface area contributed by atoms with Gasteiger partial charge in [-0.1, -0.05) is 37.4 Å². The van der Waals surface area contributed by atoms with Crippen LogP contribution in [-0.4, -0.2) is 44.1 Å². The molecule has 0 heterocycles. The Kier molecular flexibility index (Phi) is 9.71. The van der Waals surface area contributed by atoms with Crippen molar-refractivity contribution in [3.63, 3.8) is 0 Å². The number of carbonyl (C=O) groups is 3. The fourth-order valence-electron chi connectivity index (χ4n) is 2.90.